The highest BCUT2D eigenvalue weighted by molar-refractivity contribution is 7.12. The van der Waals surface area contributed by atoms with Crippen LogP contribution in [0.1, 0.15) is 22.5 Å². The summed E-state index contributed by atoms with van der Waals surface area (Å²) >= 11 is 1.48. The van der Waals surface area contributed by atoms with Gasteiger partial charge in [-0.15, -0.1) is 11.3 Å². The van der Waals surface area contributed by atoms with Crippen LogP contribution in [0.15, 0.2) is 35.8 Å². The van der Waals surface area contributed by atoms with E-state index in [0.717, 1.165) is 37.4 Å². The summed E-state index contributed by atoms with van der Waals surface area (Å²) in [5.74, 6) is 0.106. The van der Waals surface area contributed by atoms with Gasteiger partial charge in [-0.3, -0.25) is 9.69 Å². The third kappa shape index (κ3) is 3.21. The fourth-order valence-corrected chi connectivity index (χ4v) is 4.65. The smallest absolute Gasteiger partial charge is 0.264 e. The van der Waals surface area contributed by atoms with E-state index in [4.69, 9.17) is 4.74 Å². The Hall–Kier alpha value is -1.99. The number of aromatic nitrogens is 1. The lowest BCUT2D eigenvalue weighted by atomic mass is 9.75. The number of likely N-dealkylation sites (N-methyl/N-ethyl adjacent to an activating group) is 1. The molecule has 1 amide bonds. The van der Waals surface area contributed by atoms with E-state index in [1.165, 1.54) is 23.6 Å². The van der Waals surface area contributed by atoms with Crippen molar-refractivity contribution < 1.29 is 13.9 Å². The molecule has 7 heteroatoms. The van der Waals surface area contributed by atoms with Crippen molar-refractivity contribution in [2.24, 2.45) is 5.92 Å². The molecule has 26 heavy (non-hydrogen) atoms. The number of nitrogens with zero attached hydrogens (tertiary/aromatic N) is 3. The maximum Gasteiger partial charge on any atom is 0.264 e. The van der Waals surface area contributed by atoms with Crippen LogP contribution in [-0.2, 0) is 0 Å². The Morgan fingerprint density at radius 2 is 2.27 bits per heavy atom. The molecule has 0 aromatic carbocycles. The number of ether oxygens (including phenoxy) is 1. The molecule has 0 bridgehead atoms. The molecule has 4 heterocycles. The zero-order valence-electron chi connectivity index (χ0n) is 14.7. The first-order valence-corrected chi connectivity index (χ1v) is 9.73. The normalized spacial score (nSPS) is 22.2. The average Bonchev–Trinajstić information content (AvgIpc) is 3.14. The van der Waals surface area contributed by atoms with Crippen molar-refractivity contribution in [1.82, 2.24) is 14.8 Å². The summed E-state index contributed by atoms with van der Waals surface area (Å²) < 4.78 is 19.3. The molecule has 2 aliphatic heterocycles. The van der Waals surface area contributed by atoms with Gasteiger partial charge in [-0.1, -0.05) is 6.07 Å². The number of hydrogen-bond acceptors (Lipinski definition) is 5. The summed E-state index contributed by atoms with van der Waals surface area (Å²) in [6, 6.07) is 6.70. The van der Waals surface area contributed by atoms with Gasteiger partial charge >= 0.3 is 0 Å². The summed E-state index contributed by atoms with van der Waals surface area (Å²) in [5, 5.41) is 1.93. The van der Waals surface area contributed by atoms with Gasteiger partial charge in [0.15, 0.2) is 5.82 Å². The largest absolute Gasteiger partial charge is 0.475 e. The Bertz CT molecular complexity index is 777. The lowest BCUT2D eigenvalue weighted by Gasteiger charge is -2.58. The average molecular weight is 375 g/mol. The summed E-state index contributed by atoms with van der Waals surface area (Å²) in [4.78, 5) is 21.5. The van der Waals surface area contributed by atoms with Crippen LogP contribution in [0.25, 0.3) is 0 Å². The predicted octanol–water partition coefficient (Wildman–Crippen LogP) is 2.90. The van der Waals surface area contributed by atoms with Gasteiger partial charge in [-0.25, -0.2) is 9.37 Å². The second-order valence-corrected chi connectivity index (χ2v) is 8.19. The second kappa shape index (κ2) is 6.96. The van der Waals surface area contributed by atoms with Gasteiger partial charge in [0.2, 0.25) is 5.88 Å². The lowest BCUT2D eigenvalue weighted by molar-refractivity contribution is -0.0695. The van der Waals surface area contributed by atoms with E-state index in [-0.39, 0.29) is 17.3 Å². The van der Waals surface area contributed by atoms with Gasteiger partial charge in [-0.2, -0.15) is 0 Å². The molecular weight excluding hydrogens is 353 g/mol. The number of pyridine rings is 1. The molecule has 0 aliphatic carbocycles. The number of carbonyl (C=O) groups excluding carboxylic acids is 1. The number of carbonyl (C=O) groups is 1. The first-order valence-electron chi connectivity index (χ1n) is 8.85. The van der Waals surface area contributed by atoms with Crippen LogP contribution < -0.4 is 4.74 Å². The summed E-state index contributed by atoms with van der Waals surface area (Å²) in [6.45, 7) is 2.91. The summed E-state index contributed by atoms with van der Waals surface area (Å²) in [5.41, 5.74) is 0.0157. The molecule has 4 rings (SSSR count). The van der Waals surface area contributed by atoms with E-state index in [2.05, 4.69) is 16.9 Å². The number of rotatable bonds is 4. The first-order chi connectivity index (χ1) is 12.6. The van der Waals surface area contributed by atoms with Crippen LogP contribution >= 0.6 is 11.3 Å². The maximum atomic E-state index is 13.7. The third-order valence-corrected chi connectivity index (χ3v) is 6.38. The zero-order valence-corrected chi connectivity index (χ0v) is 15.5. The van der Waals surface area contributed by atoms with Crippen molar-refractivity contribution >= 4 is 17.2 Å². The van der Waals surface area contributed by atoms with Crippen LogP contribution in [0.4, 0.5) is 4.39 Å². The first kappa shape index (κ1) is 17.4. The van der Waals surface area contributed by atoms with Crippen LogP contribution in [0, 0.1) is 11.7 Å². The van der Waals surface area contributed by atoms with Crippen LogP contribution in [0.5, 0.6) is 5.88 Å². The topological polar surface area (TPSA) is 45.7 Å². The Morgan fingerprint density at radius 1 is 1.42 bits per heavy atom. The lowest BCUT2D eigenvalue weighted by Crippen LogP contribution is -2.72. The Labute approximate surface area is 156 Å². The maximum absolute atomic E-state index is 13.7. The van der Waals surface area contributed by atoms with Crippen molar-refractivity contribution in [2.75, 3.05) is 33.3 Å². The Balaban J connectivity index is 1.36. The molecule has 0 unspecified atom stereocenters. The number of likely N-dealkylation sites (tertiary alicyclic amines) is 2. The summed E-state index contributed by atoms with van der Waals surface area (Å²) in [7, 11) is 2.13. The van der Waals surface area contributed by atoms with Crippen LogP contribution in [0.2, 0.25) is 0 Å². The summed E-state index contributed by atoms with van der Waals surface area (Å²) in [6.07, 6.45) is 3.49. The van der Waals surface area contributed by atoms with E-state index >= 15 is 0 Å². The highest BCUT2D eigenvalue weighted by Gasteiger charge is 2.51. The zero-order chi connectivity index (χ0) is 18.1. The second-order valence-electron chi connectivity index (χ2n) is 7.24. The van der Waals surface area contributed by atoms with Crippen LogP contribution in [-0.4, -0.2) is 59.5 Å². The molecule has 2 aromatic heterocycles. The highest BCUT2D eigenvalue weighted by atomic mass is 32.1. The van der Waals surface area contributed by atoms with E-state index in [0.29, 0.717) is 12.5 Å². The fraction of sp³-hybridized carbons (Fsp3) is 0.474. The molecule has 2 aliphatic rings. The Morgan fingerprint density at radius 3 is 3.00 bits per heavy atom. The minimum Gasteiger partial charge on any atom is -0.475 e. The molecule has 2 fully saturated rings. The number of amides is 1. The molecule has 5 nitrogen and oxygen atoms in total. The minimum atomic E-state index is -0.425. The van der Waals surface area contributed by atoms with Gasteiger partial charge in [0, 0.05) is 19.3 Å². The van der Waals surface area contributed by atoms with Crippen molar-refractivity contribution in [3.63, 3.8) is 0 Å². The highest BCUT2D eigenvalue weighted by Crippen LogP contribution is 2.39. The van der Waals surface area contributed by atoms with E-state index in [1.807, 2.05) is 22.4 Å². The predicted molar refractivity (Wildman–Crippen MR) is 98.0 cm³/mol. The molecule has 2 saturated heterocycles. The number of piperidine rings is 1. The van der Waals surface area contributed by atoms with E-state index in [1.54, 1.807) is 6.07 Å². The fourth-order valence-electron chi connectivity index (χ4n) is 3.96. The van der Waals surface area contributed by atoms with Gasteiger partial charge in [0.1, 0.15) is 0 Å². The molecule has 0 N–H and O–H groups in total. The van der Waals surface area contributed by atoms with Crippen molar-refractivity contribution in [1.29, 1.82) is 0 Å². The van der Waals surface area contributed by atoms with Gasteiger partial charge in [0.05, 0.1) is 17.0 Å². The van der Waals surface area contributed by atoms with Crippen LogP contribution in [0.3, 0.4) is 0 Å². The molecule has 2 aromatic rings. The van der Waals surface area contributed by atoms with E-state index < -0.39 is 5.82 Å². The SMILES string of the molecule is CN1CC[C@H](COc2ncccc2F)CC12CN(C(=O)c1cccs1)C2. The minimum absolute atomic E-state index is 0.0157. The van der Waals surface area contributed by atoms with Crippen molar-refractivity contribution in [3.05, 3.63) is 46.5 Å². The monoisotopic (exact) mass is 375 g/mol. The van der Waals surface area contributed by atoms with Gasteiger partial charge in [0.25, 0.3) is 5.91 Å². The Kier molecular flexibility index (Phi) is 4.67. The quantitative estimate of drug-likeness (QED) is 0.824. The molecular formula is C19H22FN3O2S. The molecule has 138 valence electrons. The number of thiophene rings is 1. The standard InChI is InChI=1S/C19H22FN3O2S/c1-22-8-6-14(11-25-17-15(20)4-2-7-21-17)10-19(22)12-23(13-19)18(24)16-5-3-9-26-16/h2-5,7,9,14H,6,8,10-13H2,1H3/t14-/m0/s1. The molecule has 0 radical (unpaired) electrons. The van der Waals surface area contributed by atoms with Gasteiger partial charge < -0.3 is 9.64 Å². The van der Waals surface area contributed by atoms with E-state index in [9.17, 15) is 9.18 Å². The van der Waals surface area contributed by atoms with Gasteiger partial charge in [-0.05, 0) is 55.9 Å². The molecule has 1 spiro atoms. The van der Waals surface area contributed by atoms with Crippen molar-refractivity contribution in [3.8, 4) is 5.88 Å². The molecule has 1 atom stereocenters. The van der Waals surface area contributed by atoms with Crippen molar-refractivity contribution in [2.45, 2.75) is 18.4 Å². The molecule has 0 saturated carbocycles. The number of halogens is 1. The number of hydrogen-bond donors (Lipinski definition) is 0. The third-order valence-electron chi connectivity index (χ3n) is 5.52.